The molecule has 0 radical (unpaired) electrons. The second-order valence-corrected chi connectivity index (χ2v) is 8.18. The van der Waals surface area contributed by atoms with E-state index in [2.05, 4.69) is 16.0 Å². The van der Waals surface area contributed by atoms with E-state index in [0.29, 0.717) is 18.5 Å². The van der Waals surface area contributed by atoms with Gasteiger partial charge < -0.3 is 20.9 Å². The van der Waals surface area contributed by atoms with E-state index in [1.807, 2.05) is 6.07 Å². The molecule has 32 heavy (non-hydrogen) atoms. The number of benzene rings is 2. The average molecular weight is 446 g/mol. The Morgan fingerprint density at radius 2 is 1.84 bits per heavy atom. The number of aryl methyl sites for hydroxylation is 1. The highest BCUT2D eigenvalue weighted by atomic mass is 19.4. The molecule has 2 heterocycles. The SMILES string of the molecule is CN1C(=O)CCc2ccc(NC(=O)c3ccc(C(F)(F)F)cc3NC3CCNCC3)cc21. The third-order valence-electron chi connectivity index (χ3n) is 5.98. The van der Waals surface area contributed by atoms with E-state index in [-0.39, 0.29) is 23.2 Å². The van der Waals surface area contributed by atoms with Crippen molar-refractivity contribution in [3.05, 3.63) is 53.1 Å². The summed E-state index contributed by atoms with van der Waals surface area (Å²) in [5, 5.41) is 9.12. The van der Waals surface area contributed by atoms with Crippen molar-refractivity contribution in [2.45, 2.75) is 37.9 Å². The minimum atomic E-state index is -4.50. The number of fused-ring (bicyclic) bond motifs is 1. The molecule has 0 aromatic heterocycles. The van der Waals surface area contributed by atoms with E-state index in [0.717, 1.165) is 49.3 Å². The summed E-state index contributed by atoms with van der Waals surface area (Å²) in [5.74, 6) is -0.517. The Morgan fingerprint density at radius 1 is 1.09 bits per heavy atom. The molecule has 2 aliphatic rings. The molecule has 2 aromatic carbocycles. The zero-order valence-electron chi connectivity index (χ0n) is 17.7. The van der Waals surface area contributed by atoms with Crippen LogP contribution in [-0.4, -0.2) is 38.0 Å². The van der Waals surface area contributed by atoms with Crippen LogP contribution in [-0.2, 0) is 17.4 Å². The normalized spacial score (nSPS) is 17.1. The van der Waals surface area contributed by atoms with E-state index < -0.39 is 17.6 Å². The number of hydrogen-bond donors (Lipinski definition) is 3. The lowest BCUT2D eigenvalue weighted by atomic mass is 10.0. The number of carbonyl (C=O) groups is 2. The van der Waals surface area contributed by atoms with Gasteiger partial charge in [-0.2, -0.15) is 13.2 Å². The van der Waals surface area contributed by atoms with Gasteiger partial charge in [0.1, 0.15) is 0 Å². The number of nitrogens with one attached hydrogen (secondary N) is 3. The molecule has 4 rings (SSSR count). The third-order valence-corrected chi connectivity index (χ3v) is 5.98. The standard InChI is InChI=1S/C23H25F3N4O2/c1-30-20-13-17(5-2-14(20)3-7-21(30)31)29-22(32)18-6-4-15(23(24,25)26)12-19(18)28-16-8-10-27-11-9-16/h2,4-6,12-13,16,27-28H,3,7-11H2,1H3,(H,29,32). The molecule has 6 nitrogen and oxygen atoms in total. The maximum atomic E-state index is 13.3. The van der Waals surface area contributed by atoms with Gasteiger partial charge in [0.2, 0.25) is 5.91 Å². The molecule has 0 unspecified atom stereocenters. The molecule has 0 spiro atoms. The van der Waals surface area contributed by atoms with E-state index in [9.17, 15) is 22.8 Å². The first-order chi connectivity index (χ1) is 15.2. The van der Waals surface area contributed by atoms with Crippen molar-refractivity contribution >= 4 is 28.9 Å². The van der Waals surface area contributed by atoms with Crippen molar-refractivity contribution in [2.24, 2.45) is 0 Å². The summed E-state index contributed by atoms with van der Waals surface area (Å²) in [4.78, 5) is 26.6. The van der Waals surface area contributed by atoms with Gasteiger partial charge in [-0.15, -0.1) is 0 Å². The molecule has 2 amide bonds. The van der Waals surface area contributed by atoms with Gasteiger partial charge in [0.05, 0.1) is 11.1 Å². The summed E-state index contributed by atoms with van der Waals surface area (Å²) < 4.78 is 39.9. The van der Waals surface area contributed by atoms with Crippen LogP contribution in [0, 0.1) is 0 Å². The molecule has 0 bridgehead atoms. The fourth-order valence-electron chi connectivity index (χ4n) is 4.13. The lowest BCUT2D eigenvalue weighted by Gasteiger charge is -2.27. The van der Waals surface area contributed by atoms with Crippen LogP contribution in [0.5, 0.6) is 0 Å². The maximum absolute atomic E-state index is 13.3. The first-order valence-corrected chi connectivity index (χ1v) is 10.6. The second-order valence-electron chi connectivity index (χ2n) is 8.18. The number of nitrogens with zero attached hydrogens (tertiary/aromatic N) is 1. The van der Waals surface area contributed by atoms with Gasteiger partial charge in [-0.25, -0.2) is 0 Å². The Bertz CT molecular complexity index is 1030. The summed E-state index contributed by atoms with van der Waals surface area (Å²) >= 11 is 0. The number of halogens is 3. The number of hydrogen-bond acceptors (Lipinski definition) is 4. The highest BCUT2D eigenvalue weighted by Crippen LogP contribution is 2.34. The first kappa shape index (κ1) is 22.1. The molecule has 1 fully saturated rings. The predicted octanol–water partition coefficient (Wildman–Crippen LogP) is 4.03. The van der Waals surface area contributed by atoms with Gasteiger partial charge in [0.25, 0.3) is 5.91 Å². The van der Waals surface area contributed by atoms with Gasteiger partial charge in [0, 0.05) is 36.6 Å². The monoisotopic (exact) mass is 446 g/mol. The van der Waals surface area contributed by atoms with Crippen LogP contribution in [0.2, 0.25) is 0 Å². The van der Waals surface area contributed by atoms with Crippen LogP contribution in [0.15, 0.2) is 36.4 Å². The molecule has 1 saturated heterocycles. The summed E-state index contributed by atoms with van der Waals surface area (Å²) in [7, 11) is 1.68. The number of alkyl halides is 3. The minimum absolute atomic E-state index is 0.00262. The van der Waals surface area contributed by atoms with Crippen molar-refractivity contribution in [1.82, 2.24) is 5.32 Å². The van der Waals surface area contributed by atoms with Gasteiger partial charge in [-0.05, 0) is 68.2 Å². The number of rotatable bonds is 4. The van der Waals surface area contributed by atoms with Crippen LogP contribution >= 0.6 is 0 Å². The molecule has 170 valence electrons. The highest BCUT2D eigenvalue weighted by Gasteiger charge is 2.32. The zero-order valence-corrected chi connectivity index (χ0v) is 17.7. The van der Waals surface area contributed by atoms with Gasteiger partial charge >= 0.3 is 6.18 Å². The smallest absolute Gasteiger partial charge is 0.382 e. The minimum Gasteiger partial charge on any atom is -0.382 e. The molecule has 0 saturated carbocycles. The lowest BCUT2D eigenvalue weighted by Crippen LogP contribution is -2.35. The summed E-state index contributed by atoms with van der Waals surface area (Å²) in [5.41, 5.74) is 1.70. The van der Waals surface area contributed by atoms with E-state index in [1.54, 1.807) is 24.1 Å². The number of piperidine rings is 1. The Morgan fingerprint density at radius 3 is 2.56 bits per heavy atom. The van der Waals surface area contributed by atoms with Crippen molar-refractivity contribution < 1.29 is 22.8 Å². The molecular weight excluding hydrogens is 421 g/mol. The Kier molecular flexibility index (Phi) is 6.10. The van der Waals surface area contributed by atoms with Crippen LogP contribution in [0.25, 0.3) is 0 Å². The summed E-state index contributed by atoms with van der Waals surface area (Å²) in [6.07, 6.45) is -1.93. The summed E-state index contributed by atoms with van der Waals surface area (Å²) in [6, 6.07) is 8.41. The van der Waals surface area contributed by atoms with Crippen molar-refractivity contribution in [2.75, 3.05) is 35.7 Å². The van der Waals surface area contributed by atoms with Crippen molar-refractivity contribution in [1.29, 1.82) is 0 Å². The number of anilines is 3. The topological polar surface area (TPSA) is 73.5 Å². The second kappa shape index (κ2) is 8.82. The van der Waals surface area contributed by atoms with Crippen LogP contribution in [0.1, 0.15) is 40.7 Å². The predicted molar refractivity (Wildman–Crippen MR) is 117 cm³/mol. The van der Waals surface area contributed by atoms with E-state index in [4.69, 9.17) is 0 Å². The van der Waals surface area contributed by atoms with Gasteiger partial charge in [0.15, 0.2) is 0 Å². The summed E-state index contributed by atoms with van der Waals surface area (Å²) in [6.45, 7) is 1.53. The molecular formula is C23H25F3N4O2. The number of amides is 2. The van der Waals surface area contributed by atoms with Gasteiger partial charge in [-0.1, -0.05) is 6.07 Å². The molecule has 2 aliphatic heterocycles. The first-order valence-electron chi connectivity index (χ1n) is 10.6. The largest absolute Gasteiger partial charge is 0.416 e. The lowest BCUT2D eigenvalue weighted by molar-refractivity contribution is -0.137. The Balaban J connectivity index is 1.60. The average Bonchev–Trinajstić information content (AvgIpc) is 2.76. The maximum Gasteiger partial charge on any atom is 0.416 e. The number of carbonyl (C=O) groups excluding carboxylic acids is 2. The van der Waals surface area contributed by atoms with Crippen molar-refractivity contribution in [3.8, 4) is 0 Å². The third kappa shape index (κ3) is 4.72. The molecule has 2 aromatic rings. The van der Waals surface area contributed by atoms with Crippen LogP contribution < -0.4 is 20.9 Å². The molecule has 9 heteroatoms. The Hall–Kier alpha value is -3.07. The fourth-order valence-corrected chi connectivity index (χ4v) is 4.13. The zero-order chi connectivity index (χ0) is 22.9. The van der Waals surface area contributed by atoms with Crippen LogP contribution in [0.4, 0.5) is 30.2 Å². The molecule has 3 N–H and O–H groups in total. The fraction of sp³-hybridized carbons (Fsp3) is 0.391. The quantitative estimate of drug-likeness (QED) is 0.663. The molecule has 0 aliphatic carbocycles. The van der Waals surface area contributed by atoms with Gasteiger partial charge in [-0.3, -0.25) is 9.59 Å². The van der Waals surface area contributed by atoms with Crippen molar-refractivity contribution in [3.63, 3.8) is 0 Å². The van der Waals surface area contributed by atoms with E-state index in [1.165, 1.54) is 6.07 Å². The highest BCUT2D eigenvalue weighted by molar-refractivity contribution is 6.08. The Labute approximate surface area is 184 Å². The van der Waals surface area contributed by atoms with Crippen LogP contribution in [0.3, 0.4) is 0 Å². The molecule has 0 atom stereocenters. The van der Waals surface area contributed by atoms with E-state index >= 15 is 0 Å².